The zero-order valence-electron chi connectivity index (χ0n) is 11.1. The summed E-state index contributed by atoms with van der Waals surface area (Å²) < 4.78 is 0.987. The number of aromatic nitrogens is 2. The lowest BCUT2D eigenvalue weighted by Crippen LogP contribution is -2.28. The van der Waals surface area contributed by atoms with Gasteiger partial charge in [0.15, 0.2) is 0 Å². The molecule has 1 aliphatic heterocycles. The van der Waals surface area contributed by atoms with Gasteiger partial charge in [-0.2, -0.15) is 0 Å². The molecule has 1 aromatic heterocycles. The first kappa shape index (κ1) is 14.1. The van der Waals surface area contributed by atoms with Crippen molar-refractivity contribution in [1.29, 1.82) is 0 Å². The number of H-pyrrole nitrogens is 1. The van der Waals surface area contributed by atoms with Crippen molar-refractivity contribution in [2.75, 3.05) is 13.1 Å². The van der Waals surface area contributed by atoms with Gasteiger partial charge < -0.3 is 10.3 Å². The number of piperidine rings is 1. The summed E-state index contributed by atoms with van der Waals surface area (Å²) in [7, 11) is 0. The average molecular weight is 355 g/mol. The lowest BCUT2D eigenvalue weighted by molar-refractivity contribution is 0.368. The Bertz CT molecular complexity index is 591. The van der Waals surface area contributed by atoms with Gasteiger partial charge in [0.25, 0.3) is 0 Å². The molecule has 20 heavy (non-hydrogen) atoms. The van der Waals surface area contributed by atoms with Crippen LogP contribution in [-0.2, 0) is 6.42 Å². The average Bonchev–Trinajstić information content (AvgIpc) is 2.88. The maximum atomic E-state index is 6.28. The molecule has 2 heterocycles. The Morgan fingerprint density at radius 3 is 2.85 bits per heavy atom. The van der Waals surface area contributed by atoms with Gasteiger partial charge >= 0.3 is 0 Å². The van der Waals surface area contributed by atoms with Crippen molar-refractivity contribution in [1.82, 2.24) is 15.3 Å². The second kappa shape index (κ2) is 6.29. The fourth-order valence-corrected chi connectivity index (χ4v) is 3.45. The summed E-state index contributed by atoms with van der Waals surface area (Å²) in [5.74, 6) is 1.79. The van der Waals surface area contributed by atoms with Crippen molar-refractivity contribution in [3.8, 4) is 11.3 Å². The molecule has 0 radical (unpaired) electrons. The van der Waals surface area contributed by atoms with Crippen molar-refractivity contribution in [2.45, 2.75) is 19.3 Å². The van der Waals surface area contributed by atoms with Crippen molar-refractivity contribution < 1.29 is 0 Å². The Labute approximate surface area is 132 Å². The first-order chi connectivity index (χ1) is 9.72. The molecule has 1 saturated heterocycles. The van der Waals surface area contributed by atoms with Crippen LogP contribution in [-0.4, -0.2) is 23.1 Å². The third-order valence-electron chi connectivity index (χ3n) is 3.79. The molecule has 2 N–H and O–H groups in total. The fourth-order valence-electron chi connectivity index (χ4n) is 2.67. The zero-order valence-corrected chi connectivity index (χ0v) is 13.5. The van der Waals surface area contributed by atoms with Crippen LogP contribution in [0.1, 0.15) is 18.7 Å². The standard InChI is InChI=1S/C15H17BrClN3/c16-11-1-2-12(13(17)8-11)14-9-19-15(20-14)7-10-3-5-18-6-4-10/h1-2,8-10,18H,3-7H2,(H,19,20). The first-order valence-corrected chi connectivity index (χ1v) is 8.09. The van der Waals surface area contributed by atoms with E-state index in [2.05, 4.69) is 31.2 Å². The summed E-state index contributed by atoms with van der Waals surface area (Å²) in [5.41, 5.74) is 1.99. The smallest absolute Gasteiger partial charge is 0.106 e. The van der Waals surface area contributed by atoms with E-state index in [0.29, 0.717) is 0 Å². The highest BCUT2D eigenvalue weighted by Gasteiger charge is 2.15. The van der Waals surface area contributed by atoms with E-state index >= 15 is 0 Å². The summed E-state index contributed by atoms with van der Waals surface area (Å²) in [4.78, 5) is 7.91. The van der Waals surface area contributed by atoms with Crippen LogP contribution in [0.3, 0.4) is 0 Å². The molecular weight excluding hydrogens is 338 g/mol. The normalized spacial score (nSPS) is 16.5. The zero-order chi connectivity index (χ0) is 13.9. The van der Waals surface area contributed by atoms with Crippen LogP contribution in [0.2, 0.25) is 5.02 Å². The minimum atomic E-state index is 0.732. The first-order valence-electron chi connectivity index (χ1n) is 6.92. The lowest BCUT2D eigenvalue weighted by atomic mass is 9.94. The summed E-state index contributed by atoms with van der Waals surface area (Å²) in [6, 6.07) is 5.91. The van der Waals surface area contributed by atoms with E-state index in [9.17, 15) is 0 Å². The molecular formula is C15H17BrClN3. The molecule has 0 bridgehead atoms. The highest BCUT2D eigenvalue weighted by Crippen LogP contribution is 2.29. The van der Waals surface area contributed by atoms with Crippen molar-refractivity contribution in [3.05, 3.63) is 39.7 Å². The van der Waals surface area contributed by atoms with Crippen LogP contribution < -0.4 is 5.32 Å². The van der Waals surface area contributed by atoms with Crippen LogP contribution >= 0.6 is 27.5 Å². The second-order valence-corrected chi connectivity index (χ2v) is 6.59. The molecule has 0 atom stereocenters. The Balaban J connectivity index is 1.75. The van der Waals surface area contributed by atoms with Gasteiger partial charge in [0.2, 0.25) is 0 Å². The number of benzene rings is 1. The van der Waals surface area contributed by atoms with E-state index in [0.717, 1.165) is 52.0 Å². The highest BCUT2D eigenvalue weighted by atomic mass is 79.9. The molecule has 5 heteroatoms. The molecule has 2 aromatic rings. The third kappa shape index (κ3) is 3.25. The highest BCUT2D eigenvalue weighted by molar-refractivity contribution is 9.10. The maximum Gasteiger partial charge on any atom is 0.106 e. The molecule has 0 aliphatic carbocycles. The van der Waals surface area contributed by atoms with Crippen molar-refractivity contribution in [2.24, 2.45) is 5.92 Å². The monoisotopic (exact) mass is 353 g/mol. The summed E-state index contributed by atoms with van der Waals surface area (Å²) in [5, 5.41) is 4.12. The Hall–Kier alpha value is -0.840. The number of aromatic amines is 1. The van der Waals surface area contributed by atoms with Gasteiger partial charge in [0, 0.05) is 16.5 Å². The number of imidazole rings is 1. The molecule has 3 nitrogen and oxygen atoms in total. The second-order valence-electron chi connectivity index (χ2n) is 5.27. The number of hydrogen-bond acceptors (Lipinski definition) is 2. The van der Waals surface area contributed by atoms with E-state index in [4.69, 9.17) is 11.6 Å². The number of nitrogens with zero attached hydrogens (tertiary/aromatic N) is 1. The molecule has 0 unspecified atom stereocenters. The molecule has 0 saturated carbocycles. The van der Waals surface area contributed by atoms with Crippen molar-refractivity contribution >= 4 is 27.5 Å². The molecule has 3 rings (SSSR count). The number of rotatable bonds is 3. The lowest BCUT2D eigenvalue weighted by Gasteiger charge is -2.21. The van der Waals surface area contributed by atoms with Crippen LogP contribution in [0.25, 0.3) is 11.3 Å². The van der Waals surface area contributed by atoms with Crippen LogP contribution in [0.4, 0.5) is 0 Å². The van der Waals surface area contributed by atoms with Gasteiger partial charge in [-0.25, -0.2) is 4.98 Å². The van der Waals surface area contributed by atoms with Crippen LogP contribution in [0, 0.1) is 5.92 Å². The largest absolute Gasteiger partial charge is 0.342 e. The number of halogens is 2. The molecule has 0 spiro atoms. The van der Waals surface area contributed by atoms with E-state index in [-0.39, 0.29) is 0 Å². The quantitative estimate of drug-likeness (QED) is 0.873. The van der Waals surface area contributed by atoms with Gasteiger partial charge in [0.1, 0.15) is 5.82 Å². The van der Waals surface area contributed by atoms with Gasteiger partial charge in [-0.3, -0.25) is 0 Å². The van der Waals surface area contributed by atoms with E-state index in [1.807, 2.05) is 24.4 Å². The molecule has 106 valence electrons. The predicted molar refractivity (Wildman–Crippen MR) is 86.0 cm³/mol. The van der Waals surface area contributed by atoms with Gasteiger partial charge in [-0.1, -0.05) is 33.6 Å². The SMILES string of the molecule is Clc1cc(Br)ccc1-c1cnc(CC2CCNCC2)[nH]1. The van der Waals surface area contributed by atoms with E-state index < -0.39 is 0 Å². The minimum Gasteiger partial charge on any atom is -0.342 e. The number of nitrogens with one attached hydrogen (secondary N) is 2. The third-order valence-corrected chi connectivity index (χ3v) is 4.60. The topological polar surface area (TPSA) is 40.7 Å². The summed E-state index contributed by atoms with van der Waals surface area (Å²) >= 11 is 9.70. The van der Waals surface area contributed by atoms with Gasteiger partial charge in [-0.15, -0.1) is 0 Å². The Morgan fingerprint density at radius 2 is 2.10 bits per heavy atom. The fraction of sp³-hybridized carbons (Fsp3) is 0.400. The maximum absolute atomic E-state index is 6.28. The molecule has 1 aliphatic rings. The molecule has 1 fully saturated rings. The Morgan fingerprint density at radius 1 is 1.30 bits per heavy atom. The minimum absolute atomic E-state index is 0.732. The van der Waals surface area contributed by atoms with Gasteiger partial charge in [-0.05, 0) is 44.0 Å². The van der Waals surface area contributed by atoms with E-state index in [1.165, 1.54) is 12.8 Å². The number of hydrogen-bond donors (Lipinski definition) is 2. The molecule has 0 amide bonds. The summed E-state index contributed by atoms with van der Waals surface area (Å²) in [6.45, 7) is 2.24. The van der Waals surface area contributed by atoms with E-state index in [1.54, 1.807) is 0 Å². The van der Waals surface area contributed by atoms with Crippen LogP contribution in [0.15, 0.2) is 28.9 Å². The summed E-state index contributed by atoms with van der Waals surface area (Å²) in [6.07, 6.45) is 5.37. The predicted octanol–water partition coefficient (Wildman–Crippen LogP) is 4.03. The van der Waals surface area contributed by atoms with Crippen molar-refractivity contribution in [3.63, 3.8) is 0 Å². The Kier molecular flexibility index (Phi) is 4.44. The van der Waals surface area contributed by atoms with Crippen LogP contribution in [0.5, 0.6) is 0 Å². The van der Waals surface area contributed by atoms with Gasteiger partial charge in [0.05, 0.1) is 16.9 Å². The molecule has 1 aromatic carbocycles.